The van der Waals surface area contributed by atoms with Gasteiger partial charge >= 0.3 is 0 Å². The van der Waals surface area contributed by atoms with Crippen molar-refractivity contribution in [2.45, 2.75) is 26.2 Å². The maximum absolute atomic E-state index is 2.40. The first kappa shape index (κ1) is 4.60. The molecule has 0 heteroatoms. The predicted octanol–water partition coefficient (Wildman–Crippen LogP) is 2.36. The fourth-order valence-corrected chi connectivity index (χ4v) is 1.76. The van der Waals surface area contributed by atoms with Gasteiger partial charge in [0.1, 0.15) is 0 Å². The van der Waals surface area contributed by atoms with E-state index in [9.17, 15) is 0 Å². The van der Waals surface area contributed by atoms with Crippen molar-refractivity contribution in [2.75, 3.05) is 0 Å². The fourth-order valence-electron chi connectivity index (χ4n) is 1.76. The molecule has 0 saturated heterocycles. The van der Waals surface area contributed by atoms with Gasteiger partial charge in [-0.15, -0.1) is 0 Å². The third-order valence-electron chi connectivity index (χ3n) is 2.64. The minimum absolute atomic E-state index is 0.665. The van der Waals surface area contributed by atoms with Gasteiger partial charge in [-0.05, 0) is 30.6 Å². The van der Waals surface area contributed by atoms with Gasteiger partial charge in [-0.3, -0.25) is 0 Å². The molecule has 1 unspecified atom stereocenters. The first-order valence-corrected chi connectivity index (χ1v) is 3.49. The van der Waals surface area contributed by atoms with E-state index in [0.29, 0.717) is 5.41 Å². The molecule has 0 aromatic heterocycles. The van der Waals surface area contributed by atoms with E-state index >= 15 is 0 Å². The molecule has 0 spiro atoms. The molecule has 2 aliphatic carbocycles. The van der Waals surface area contributed by atoms with Gasteiger partial charge in [0.05, 0.1) is 0 Å². The Bertz CT molecular complexity index is 133. The summed E-state index contributed by atoms with van der Waals surface area (Å²) in [6, 6.07) is 0. The minimum Gasteiger partial charge on any atom is -0.0880 e. The molecule has 0 nitrogen and oxygen atoms in total. The maximum atomic E-state index is 2.40. The van der Waals surface area contributed by atoms with Crippen LogP contribution in [0.2, 0.25) is 0 Å². The molecule has 8 heavy (non-hydrogen) atoms. The van der Waals surface area contributed by atoms with Crippen LogP contribution in [0.5, 0.6) is 0 Å². The van der Waals surface area contributed by atoms with Crippen LogP contribution in [0.15, 0.2) is 12.2 Å². The number of fused-ring (bicyclic) bond motifs is 1. The topological polar surface area (TPSA) is 0 Å². The Kier molecular flexibility index (Phi) is 0.677. The molecular formula is C8H12. The second-order valence-electron chi connectivity index (χ2n) is 3.39. The summed E-state index contributed by atoms with van der Waals surface area (Å²) in [4.78, 5) is 0. The van der Waals surface area contributed by atoms with Gasteiger partial charge in [0.25, 0.3) is 0 Å². The van der Waals surface area contributed by atoms with Gasteiger partial charge in [-0.2, -0.15) is 0 Å². The average Bonchev–Trinajstić information content (AvgIpc) is 2.39. The molecule has 0 radical (unpaired) electrons. The normalized spacial score (nSPS) is 50.9. The van der Waals surface area contributed by atoms with Gasteiger partial charge < -0.3 is 0 Å². The van der Waals surface area contributed by atoms with Crippen LogP contribution in [0.1, 0.15) is 26.2 Å². The Morgan fingerprint density at radius 1 is 1.62 bits per heavy atom. The molecule has 0 aromatic rings. The van der Waals surface area contributed by atoms with Gasteiger partial charge in [0.2, 0.25) is 0 Å². The highest BCUT2D eigenvalue weighted by Gasteiger charge is 2.48. The monoisotopic (exact) mass is 108 g/mol. The SMILES string of the molecule is CC12C=CCC[C@H]1C2. The molecule has 2 rings (SSSR count). The molecule has 2 aliphatic rings. The molecule has 0 N–H and O–H groups in total. The standard InChI is InChI=1S/C8H12/c1-8-5-3-2-4-7(8)6-8/h3,5,7H,2,4,6H2,1H3/t7-,8?/m0/s1. The van der Waals surface area contributed by atoms with Crippen LogP contribution in [0.25, 0.3) is 0 Å². The number of hydrogen-bond donors (Lipinski definition) is 0. The Morgan fingerprint density at radius 2 is 2.50 bits per heavy atom. The lowest BCUT2D eigenvalue weighted by molar-refractivity contribution is 0.565. The highest BCUT2D eigenvalue weighted by atomic mass is 14.5. The van der Waals surface area contributed by atoms with E-state index in [1.807, 2.05) is 0 Å². The highest BCUT2D eigenvalue weighted by Crippen LogP contribution is 2.57. The maximum Gasteiger partial charge on any atom is -0.0115 e. The highest BCUT2D eigenvalue weighted by molar-refractivity contribution is 5.15. The Balaban J connectivity index is 2.22. The van der Waals surface area contributed by atoms with Crippen molar-refractivity contribution in [1.82, 2.24) is 0 Å². The molecule has 0 bridgehead atoms. The average molecular weight is 108 g/mol. The fraction of sp³-hybridized carbons (Fsp3) is 0.750. The van der Waals surface area contributed by atoms with Crippen LogP contribution >= 0.6 is 0 Å². The van der Waals surface area contributed by atoms with E-state index in [1.165, 1.54) is 19.3 Å². The van der Waals surface area contributed by atoms with Crippen molar-refractivity contribution in [2.24, 2.45) is 11.3 Å². The molecule has 0 amide bonds. The minimum atomic E-state index is 0.665. The Morgan fingerprint density at radius 3 is 3.00 bits per heavy atom. The van der Waals surface area contributed by atoms with Crippen molar-refractivity contribution < 1.29 is 0 Å². The summed E-state index contributed by atoms with van der Waals surface area (Å²) < 4.78 is 0. The van der Waals surface area contributed by atoms with Crippen molar-refractivity contribution in [3.05, 3.63) is 12.2 Å². The summed E-state index contributed by atoms with van der Waals surface area (Å²) in [7, 11) is 0. The Labute approximate surface area is 50.6 Å². The number of rotatable bonds is 0. The summed E-state index contributed by atoms with van der Waals surface area (Å²) in [6.07, 6.45) is 8.99. The lowest BCUT2D eigenvalue weighted by Gasteiger charge is -2.07. The van der Waals surface area contributed by atoms with Crippen molar-refractivity contribution in [3.63, 3.8) is 0 Å². The Hall–Kier alpha value is -0.260. The molecule has 1 saturated carbocycles. The largest absolute Gasteiger partial charge is 0.0880 e. The van der Waals surface area contributed by atoms with Crippen LogP contribution in [-0.4, -0.2) is 0 Å². The smallest absolute Gasteiger partial charge is 0.0115 e. The zero-order chi connectivity index (χ0) is 5.61. The number of allylic oxidation sites excluding steroid dienone is 2. The van der Waals surface area contributed by atoms with E-state index in [1.54, 1.807) is 0 Å². The van der Waals surface area contributed by atoms with Crippen LogP contribution in [0.4, 0.5) is 0 Å². The van der Waals surface area contributed by atoms with Gasteiger partial charge in [0.15, 0.2) is 0 Å². The zero-order valence-corrected chi connectivity index (χ0v) is 5.35. The van der Waals surface area contributed by atoms with Crippen LogP contribution in [-0.2, 0) is 0 Å². The third kappa shape index (κ3) is 0.460. The first-order valence-electron chi connectivity index (χ1n) is 3.49. The lowest BCUT2D eigenvalue weighted by Crippen LogP contribution is -1.96. The van der Waals surface area contributed by atoms with Gasteiger partial charge in [0, 0.05) is 0 Å². The molecule has 2 atom stereocenters. The molecule has 0 heterocycles. The van der Waals surface area contributed by atoms with E-state index in [2.05, 4.69) is 19.1 Å². The quantitative estimate of drug-likeness (QED) is 0.418. The van der Waals surface area contributed by atoms with Crippen molar-refractivity contribution in [3.8, 4) is 0 Å². The summed E-state index contributed by atoms with van der Waals surface area (Å²) in [5.74, 6) is 1.06. The molecule has 0 aromatic carbocycles. The van der Waals surface area contributed by atoms with Gasteiger partial charge in [-0.25, -0.2) is 0 Å². The van der Waals surface area contributed by atoms with E-state index in [-0.39, 0.29) is 0 Å². The summed E-state index contributed by atoms with van der Waals surface area (Å²) in [5.41, 5.74) is 0.665. The summed E-state index contributed by atoms with van der Waals surface area (Å²) in [5, 5.41) is 0. The molecular weight excluding hydrogens is 96.1 g/mol. The van der Waals surface area contributed by atoms with Crippen LogP contribution < -0.4 is 0 Å². The van der Waals surface area contributed by atoms with Crippen LogP contribution in [0, 0.1) is 11.3 Å². The van der Waals surface area contributed by atoms with Crippen molar-refractivity contribution >= 4 is 0 Å². The zero-order valence-electron chi connectivity index (χ0n) is 5.35. The first-order chi connectivity index (χ1) is 3.81. The second-order valence-corrected chi connectivity index (χ2v) is 3.39. The summed E-state index contributed by atoms with van der Waals surface area (Å²) >= 11 is 0. The number of hydrogen-bond acceptors (Lipinski definition) is 0. The van der Waals surface area contributed by atoms with Gasteiger partial charge in [-0.1, -0.05) is 19.1 Å². The molecule has 1 fully saturated rings. The predicted molar refractivity (Wildman–Crippen MR) is 34.6 cm³/mol. The van der Waals surface area contributed by atoms with E-state index in [0.717, 1.165) is 5.92 Å². The van der Waals surface area contributed by atoms with Crippen molar-refractivity contribution in [1.29, 1.82) is 0 Å². The third-order valence-corrected chi connectivity index (χ3v) is 2.64. The van der Waals surface area contributed by atoms with E-state index < -0.39 is 0 Å². The molecule has 0 aliphatic heterocycles. The molecule has 44 valence electrons. The summed E-state index contributed by atoms with van der Waals surface area (Å²) in [6.45, 7) is 2.37. The van der Waals surface area contributed by atoms with E-state index in [4.69, 9.17) is 0 Å². The van der Waals surface area contributed by atoms with Crippen LogP contribution in [0.3, 0.4) is 0 Å². The second kappa shape index (κ2) is 1.18. The lowest BCUT2D eigenvalue weighted by atomic mass is 9.98.